The molecule has 38 heavy (non-hydrogen) atoms. The van der Waals surface area contributed by atoms with Crippen LogP contribution in [-0.4, -0.2) is 72.0 Å². The number of hydrogen-bond donors (Lipinski definition) is 4. The molecule has 4 atom stereocenters. The van der Waals surface area contributed by atoms with Gasteiger partial charge in [0.2, 0.25) is 17.7 Å². The first kappa shape index (κ1) is 33.1. The Morgan fingerprint density at radius 2 is 1.26 bits per heavy atom. The minimum Gasteiger partial charge on any atom is -0.480 e. The number of carbonyl (C=O) groups excluding carboxylic acids is 3. The Labute approximate surface area is 228 Å². The summed E-state index contributed by atoms with van der Waals surface area (Å²) in [5.74, 6) is -1.90. The Balaban J connectivity index is 3.26. The number of benzene rings is 1. The van der Waals surface area contributed by atoms with Crippen molar-refractivity contribution in [3.8, 4) is 0 Å². The minimum atomic E-state index is -1.11. The number of nitrogens with zero attached hydrogens (tertiary/aromatic N) is 1. The number of aliphatic carboxylic acids is 1. The topological polar surface area (TPSA) is 128 Å². The first-order chi connectivity index (χ1) is 17.8. The predicted octanol–water partition coefficient (Wildman–Crippen LogP) is 2.84. The maximum Gasteiger partial charge on any atom is 0.326 e. The highest BCUT2D eigenvalue weighted by atomic mass is 16.4. The number of likely N-dealkylation sites (N-methyl/N-ethyl adjacent to an activating group) is 2. The lowest BCUT2D eigenvalue weighted by Gasteiger charge is -2.33. The summed E-state index contributed by atoms with van der Waals surface area (Å²) in [7, 11) is 3.26. The molecule has 9 heteroatoms. The first-order valence-electron chi connectivity index (χ1n) is 13.6. The van der Waals surface area contributed by atoms with Crippen LogP contribution in [0.2, 0.25) is 0 Å². The van der Waals surface area contributed by atoms with Crippen LogP contribution in [0.5, 0.6) is 0 Å². The van der Waals surface area contributed by atoms with Crippen LogP contribution in [0.15, 0.2) is 30.3 Å². The average molecular weight is 533 g/mol. The number of amides is 3. The fraction of sp³-hybridized carbons (Fsp3) is 0.655. The second-order valence-electron chi connectivity index (χ2n) is 11.3. The number of carboxylic acids is 1. The number of carbonyl (C=O) groups is 4. The second-order valence-corrected chi connectivity index (χ2v) is 11.3. The van der Waals surface area contributed by atoms with Crippen molar-refractivity contribution in [2.45, 2.75) is 91.4 Å². The van der Waals surface area contributed by atoms with Gasteiger partial charge in [-0.1, -0.05) is 71.9 Å². The summed E-state index contributed by atoms with van der Waals surface area (Å²) in [5, 5.41) is 18.2. The van der Waals surface area contributed by atoms with E-state index in [2.05, 4.69) is 16.0 Å². The molecule has 0 spiro atoms. The summed E-state index contributed by atoms with van der Waals surface area (Å²) >= 11 is 0. The van der Waals surface area contributed by atoms with Crippen molar-refractivity contribution < 1.29 is 24.3 Å². The maximum absolute atomic E-state index is 13.8. The molecule has 0 aromatic heterocycles. The van der Waals surface area contributed by atoms with Gasteiger partial charge < -0.3 is 26.0 Å². The summed E-state index contributed by atoms with van der Waals surface area (Å²) in [4.78, 5) is 53.5. The molecule has 1 aromatic rings. The molecule has 9 nitrogen and oxygen atoms in total. The third kappa shape index (κ3) is 11.2. The number of carboxylic acid groups (broad SMARTS) is 1. The monoisotopic (exact) mass is 532 g/mol. The molecular weight excluding hydrogens is 484 g/mol. The van der Waals surface area contributed by atoms with Gasteiger partial charge in [-0.25, -0.2) is 4.79 Å². The van der Waals surface area contributed by atoms with Crippen LogP contribution in [-0.2, 0) is 25.6 Å². The molecule has 0 bridgehead atoms. The van der Waals surface area contributed by atoms with Crippen LogP contribution in [0, 0.1) is 17.8 Å². The molecule has 1 rings (SSSR count). The van der Waals surface area contributed by atoms with Gasteiger partial charge >= 0.3 is 5.97 Å². The van der Waals surface area contributed by atoms with E-state index in [0.29, 0.717) is 12.8 Å². The van der Waals surface area contributed by atoms with Gasteiger partial charge in [-0.05, 0) is 49.6 Å². The number of nitrogens with one attached hydrogen (secondary N) is 3. The zero-order chi connectivity index (χ0) is 29.0. The Morgan fingerprint density at radius 1 is 0.763 bits per heavy atom. The standard InChI is InChI=1S/C29H48N4O5/c1-18(2)14-22(30-7)26(34)31-23(17-21-12-10-9-11-13-21)28(36)33(8)25(16-20(5)6)27(35)32-24(29(37)38)15-19(3)4/h9-13,18-20,22-25,30H,14-17H2,1-8H3,(H,31,34)(H,32,35)(H,37,38)/t22-,23+,24-,25-/m0/s1. The van der Waals surface area contributed by atoms with Crippen molar-refractivity contribution in [3.63, 3.8) is 0 Å². The molecule has 0 radical (unpaired) electrons. The number of hydrogen-bond acceptors (Lipinski definition) is 5. The first-order valence-corrected chi connectivity index (χ1v) is 13.6. The molecule has 1 aromatic carbocycles. The van der Waals surface area contributed by atoms with Crippen molar-refractivity contribution >= 4 is 23.7 Å². The molecule has 0 heterocycles. The molecule has 0 unspecified atom stereocenters. The molecule has 0 saturated carbocycles. The van der Waals surface area contributed by atoms with Crippen molar-refractivity contribution in [3.05, 3.63) is 35.9 Å². The van der Waals surface area contributed by atoms with E-state index in [9.17, 15) is 24.3 Å². The molecule has 0 aliphatic heterocycles. The highest BCUT2D eigenvalue weighted by molar-refractivity contribution is 5.94. The van der Waals surface area contributed by atoms with Gasteiger partial charge in [-0.15, -0.1) is 0 Å². The molecule has 3 amide bonds. The maximum atomic E-state index is 13.8. The quantitative estimate of drug-likeness (QED) is 0.259. The van der Waals surface area contributed by atoms with Gasteiger partial charge in [0.15, 0.2) is 0 Å². The molecule has 0 saturated heterocycles. The lowest BCUT2D eigenvalue weighted by molar-refractivity contribution is -0.146. The van der Waals surface area contributed by atoms with E-state index in [4.69, 9.17) is 0 Å². The van der Waals surface area contributed by atoms with Gasteiger partial charge in [-0.3, -0.25) is 14.4 Å². The van der Waals surface area contributed by atoms with Crippen molar-refractivity contribution in [1.82, 2.24) is 20.9 Å². The summed E-state index contributed by atoms with van der Waals surface area (Å²) < 4.78 is 0. The van der Waals surface area contributed by atoms with E-state index in [1.807, 2.05) is 71.9 Å². The largest absolute Gasteiger partial charge is 0.480 e. The zero-order valence-electron chi connectivity index (χ0n) is 24.3. The van der Waals surface area contributed by atoms with Crippen LogP contribution < -0.4 is 16.0 Å². The van der Waals surface area contributed by atoms with E-state index in [0.717, 1.165) is 5.56 Å². The summed E-state index contributed by atoms with van der Waals surface area (Å²) in [6.45, 7) is 11.7. The molecule has 0 aliphatic rings. The molecule has 4 N–H and O–H groups in total. The predicted molar refractivity (Wildman–Crippen MR) is 149 cm³/mol. The third-order valence-electron chi connectivity index (χ3n) is 6.40. The van der Waals surface area contributed by atoms with Gasteiger partial charge in [-0.2, -0.15) is 0 Å². The lowest BCUT2D eigenvalue weighted by atomic mass is 9.98. The normalized spacial score (nSPS) is 14.6. The molecule has 0 fully saturated rings. The summed E-state index contributed by atoms with van der Waals surface area (Å²) in [6, 6.07) is 6.09. The molecular formula is C29H48N4O5. The van der Waals surface area contributed by atoms with E-state index in [-0.39, 0.29) is 36.5 Å². The highest BCUT2D eigenvalue weighted by Crippen LogP contribution is 2.16. The highest BCUT2D eigenvalue weighted by Gasteiger charge is 2.35. The lowest BCUT2D eigenvalue weighted by Crippen LogP contribution is -2.58. The summed E-state index contributed by atoms with van der Waals surface area (Å²) in [5.41, 5.74) is 0.872. The molecule has 0 aliphatic carbocycles. The fourth-order valence-corrected chi connectivity index (χ4v) is 4.40. The van der Waals surface area contributed by atoms with E-state index in [1.165, 1.54) is 4.90 Å². The van der Waals surface area contributed by atoms with Crippen LogP contribution >= 0.6 is 0 Å². The Morgan fingerprint density at radius 3 is 1.74 bits per heavy atom. The van der Waals surface area contributed by atoms with Crippen molar-refractivity contribution in [1.29, 1.82) is 0 Å². The Kier molecular flexibility index (Phi) is 14.0. The van der Waals surface area contributed by atoms with E-state index < -0.39 is 42.0 Å². The van der Waals surface area contributed by atoms with Crippen LogP contribution in [0.4, 0.5) is 0 Å². The second kappa shape index (κ2) is 16.1. The van der Waals surface area contributed by atoms with Gasteiger partial charge in [0, 0.05) is 13.5 Å². The SMILES string of the molecule is CN[C@@H](CC(C)C)C(=O)N[C@H](Cc1ccccc1)C(=O)N(C)[C@@H](CC(C)C)C(=O)N[C@@H](CC(C)C)C(=O)O. The van der Waals surface area contributed by atoms with E-state index in [1.54, 1.807) is 14.1 Å². The van der Waals surface area contributed by atoms with E-state index >= 15 is 0 Å². The van der Waals surface area contributed by atoms with Gasteiger partial charge in [0.1, 0.15) is 18.1 Å². The Hall–Kier alpha value is -2.94. The van der Waals surface area contributed by atoms with Crippen LogP contribution in [0.25, 0.3) is 0 Å². The third-order valence-corrected chi connectivity index (χ3v) is 6.40. The fourth-order valence-electron chi connectivity index (χ4n) is 4.40. The Bertz CT molecular complexity index is 903. The van der Waals surface area contributed by atoms with Gasteiger partial charge in [0.25, 0.3) is 0 Å². The molecule has 214 valence electrons. The van der Waals surface area contributed by atoms with Gasteiger partial charge in [0.05, 0.1) is 6.04 Å². The van der Waals surface area contributed by atoms with Crippen LogP contribution in [0.1, 0.15) is 66.4 Å². The van der Waals surface area contributed by atoms with Crippen LogP contribution in [0.3, 0.4) is 0 Å². The smallest absolute Gasteiger partial charge is 0.326 e. The number of rotatable bonds is 16. The van der Waals surface area contributed by atoms with Crippen molar-refractivity contribution in [2.24, 2.45) is 17.8 Å². The average Bonchev–Trinajstić information content (AvgIpc) is 2.83. The zero-order valence-corrected chi connectivity index (χ0v) is 24.3. The summed E-state index contributed by atoms with van der Waals surface area (Å²) in [6.07, 6.45) is 1.49. The minimum absolute atomic E-state index is 0.0655. The van der Waals surface area contributed by atoms with Crippen molar-refractivity contribution in [2.75, 3.05) is 14.1 Å².